The third-order valence-electron chi connectivity index (χ3n) is 5.11. The van der Waals surface area contributed by atoms with Crippen LogP contribution in [0.2, 0.25) is 0 Å². The predicted molar refractivity (Wildman–Crippen MR) is 129 cm³/mol. The van der Waals surface area contributed by atoms with Crippen LogP contribution in [0.15, 0.2) is 69.9 Å². The lowest BCUT2D eigenvalue weighted by atomic mass is 10.1. The molecule has 31 heavy (non-hydrogen) atoms. The Morgan fingerprint density at radius 3 is 2.71 bits per heavy atom. The fourth-order valence-electron chi connectivity index (χ4n) is 3.28. The van der Waals surface area contributed by atoms with Crippen molar-refractivity contribution in [2.24, 2.45) is 0 Å². The highest BCUT2D eigenvalue weighted by Crippen LogP contribution is 2.20. The number of anilines is 1. The Bertz CT molecular complexity index is 1280. The number of benzene rings is 2. The molecule has 1 amide bonds. The molecule has 4 rings (SSSR count). The number of carbonyl (C=O) groups is 1. The summed E-state index contributed by atoms with van der Waals surface area (Å²) in [5.41, 5.74) is 3.66. The van der Waals surface area contributed by atoms with Gasteiger partial charge in [0.2, 0.25) is 5.91 Å². The summed E-state index contributed by atoms with van der Waals surface area (Å²) >= 11 is 2.96. The molecule has 0 bridgehead atoms. The molecule has 0 aliphatic carbocycles. The molecule has 2 aromatic carbocycles. The molecule has 0 unspecified atom stereocenters. The standard InChI is InChI=1S/C24H23N3O2S2/c1-16-9-10-18(14-17(16)2)25-22(28)15-31-24-26-21-8-4-3-7-20(21)23(29)27(24)12-11-19-6-5-13-30-19/h3-10,13-14H,11-12,15H2,1-2H3,(H,25,28). The maximum Gasteiger partial charge on any atom is 0.262 e. The number of thioether (sulfide) groups is 1. The lowest BCUT2D eigenvalue weighted by molar-refractivity contribution is -0.113. The molecule has 5 nitrogen and oxygen atoms in total. The van der Waals surface area contributed by atoms with Gasteiger partial charge in [0.05, 0.1) is 16.7 Å². The van der Waals surface area contributed by atoms with Gasteiger partial charge in [0, 0.05) is 17.1 Å². The first kappa shape index (κ1) is 21.3. The number of hydrogen-bond acceptors (Lipinski definition) is 5. The number of aromatic nitrogens is 2. The maximum atomic E-state index is 13.1. The first-order chi connectivity index (χ1) is 15.0. The highest BCUT2D eigenvalue weighted by atomic mass is 32.2. The van der Waals surface area contributed by atoms with Gasteiger partial charge in [0.25, 0.3) is 5.56 Å². The average molecular weight is 450 g/mol. The third kappa shape index (κ3) is 5.06. The number of amides is 1. The largest absolute Gasteiger partial charge is 0.325 e. The SMILES string of the molecule is Cc1ccc(NC(=O)CSc2nc3ccccc3c(=O)n2CCc2cccs2)cc1C. The quantitative estimate of drug-likeness (QED) is 0.317. The van der Waals surface area contributed by atoms with Crippen molar-refractivity contribution in [3.05, 3.63) is 86.3 Å². The lowest BCUT2D eigenvalue weighted by Gasteiger charge is -2.13. The van der Waals surface area contributed by atoms with Crippen molar-refractivity contribution >= 4 is 45.6 Å². The van der Waals surface area contributed by atoms with E-state index in [4.69, 9.17) is 0 Å². The van der Waals surface area contributed by atoms with Gasteiger partial charge in [-0.25, -0.2) is 4.98 Å². The summed E-state index contributed by atoms with van der Waals surface area (Å²) in [5, 5.41) is 6.12. The zero-order chi connectivity index (χ0) is 21.8. The van der Waals surface area contributed by atoms with Crippen molar-refractivity contribution in [1.29, 1.82) is 0 Å². The maximum absolute atomic E-state index is 13.1. The molecule has 0 saturated heterocycles. The van der Waals surface area contributed by atoms with Gasteiger partial charge in [0.1, 0.15) is 0 Å². The number of hydrogen-bond donors (Lipinski definition) is 1. The van der Waals surface area contributed by atoms with Gasteiger partial charge in [-0.15, -0.1) is 11.3 Å². The van der Waals surface area contributed by atoms with Crippen LogP contribution in [0.4, 0.5) is 5.69 Å². The van der Waals surface area contributed by atoms with E-state index in [2.05, 4.69) is 16.4 Å². The van der Waals surface area contributed by atoms with Crippen LogP contribution >= 0.6 is 23.1 Å². The zero-order valence-electron chi connectivity index (χ0n) is 17.4. The fraction of sp³-hybridized carbons (Fsp3) is 0.208. The monoisotopic (exact) mass is 449 g/mol. The molecule has 1 N–H and O–H groups in total. The lowest BCUT2D eigenvalue weighted by Crippen LogP contribution is -2.25. The molecule has 0 aliphatic rings. The van der Waals surface area contributed by atoms with Crippen LogP contribution in [-0.4, -0.2) is 21.2 Å². The van der Waals surface area contributed by atoms with E-state index in [0.717, 1.165) is 17.7 Å². The first-order valence-corrected chi connectivity index (χ1v) is 11.9. The van der Waals surface area contributed by atoms with E-state index >= 15 is 0 Å². The summed E-state index contributed by atoms with van der Waals surface area (Å²) in [7, 11) is 0. The minimum atomic E-state index is -0.125. The molecule has 0 atom stereocenters. The van der Waals surface area contributed by atoms with E-state index in [9.17, 15) is 9.59 Å². The van der Waals surface area contributed by atoms with Gasteiger partial charge in [-0.3, -0.25) is 14.2 Å². The summed E-state index contributed by atoms with van der Waals surface area (Å²) in [6.45, 7) is 4.58. The zero-order valence-corrected chi connectivity index (χ0v) is 19.1. The highest BCUT2D eigenvalue weighted by Gasteiger charge is 2.14. The van der Waals surface area contributed by atoms with Crippen molar-refractivity contribution < 1.29 is 4.79 Å². The Morgan fingerprint density at radius 1 is 1.10 bits per heavy atom. The third-order valence-corrected chi connectivity index (χ3v) is 7.02. The Kier molecular flexibility index (Phi) is 6.53. The van der Waals surface area contributed by atoms with Crippen molar-refractivity contribution in [1.82, 2.24) is 9.55 Å². The first-order valence-electron chi connectivity index (χ1n) is 10.0. The molecule has 2 heterocycles. The normalized spacial score (nSPS) is 11.0. The van der Waals surface area contributed by atoms with Crippen LogP contribution in [0.3, 0.4) is 0 Å². The molecule has 0 spiro atoms. The van der Waals surface area contributed by atoms with Crippen LogP contribution in [0, 0.1) is 13.8 Å². The van der Waals surface area contributed by atoms with Crippen LogP contribution < -0.4 is 10.9 Å². The number of para-hydroxylation sites is 1. The van der Waals surface area contributed by atoms with Crippen LogP contribution in [-0.2, 0) is 17.8 Å². The second-order valence-electron chi connectivity index (χ2n) is 7.33. The molecule has 0 saturated carbocycles. The van der Waals surface area contributed by atoms with Gasteiger partial charge in [0.15, 0.2) is 5.16 Å². The number of rotatable bonds is 7. The Balaban J connectivity index is 1.54. The summed E-state index contributed by atoms with van der Waals surface area (Å²) in [6.07, 6.45) is 0.750. The summed E-state index contributed by atoms with van der Waals surface area (Å²) < 4.78 is 1.69. The summed E-state index contributed by atoms with van der Waals surface area (Å²) in [5.74, 6) is 0.0527. The van der Waals surface area contributed by atoms with Crippen LogP contribution in [0.25, 0.3) is 10.9 Å². The molecule has 0 radical (unpaired) electrons. The Morgan fingerprint density at radius 2 is 1.94 bits per heavy atom. The van der Waals surface area contributed by atoms with Crippen molar-refractivity contribution in [3.63, 3.8) is 0 Å². The molecular formula is C24H23N3O2S2. The molecule has 0 fully saturated rings. The van der Waals surface area contributed by atoms with E-state index in [1.165, 1.54) is 22.2 Å². The van der Waals surface area contributed by atoms with Crippen LogP contribution in [0.5, 0.6) is 0 Å². The number of carbonyl (C=O) groups excluding carboxylic acids is 1. The molecule has 2 aromatic heterocycles. The van der Waals surface area contributed by atoms with E-state index in [1.54, 1.807) is 22.0 Å². The van der Waals surface area contributed by atoms with Crippen LogP contribution in [0.1, 0.15) is 16.0 Å². The van der Waals surface area contributed by atoms with E-state index in [-0.39, 0.29) is 17.2 Å². The molecule has 7 heteroatoms. The van der Waals surface area contributed by atoms with Crippen molar-refractivity contribution in [2.45, 2.75) is 32.0 Å². The Labute approximate surface area is 189 Å². The minimum absolute atomic E-state index is 0.0702. The summed E-state index contributed by atoms with van der Waals surface area (Å²) in [6, 6.07) is 17.3. The number of fused-ring (bicyclic) bond motifs is 1. The van der Waals surface area contributed by atoms with Gasteiger partial charge in [-0.05, 0) is 67.1 Å². The fourth-order valence-corrected chi connectivity index (χ4v) is 4.80. The van der Waals surface area contributed by atoms with Crippen molar-refractivity contribution in [3.8, 4) is 0 Å². The highest BCUT2D eigenvalue weighted by molar-refractivity contribution is 7.99. The second-order valence-corrected chi connectivity index (χ2v) is 9.31. The van der Waals surface area contributed by atoms with Gasteiger partial charge in [-0.1, -0.05) is 36.0 Å². The molecule has 158 valence electrons. The van der Waals surface area contributed by atoms with E-state index in [1.807, 2.05) is 61.7 Å². The van der Waals surface area contributed by atoms with Gasteiger partial charge >= 0.3 is 0 Å². The second kappa shape index (κ2) is 9.49. The number of aryl methyl sites for hydroxylation is 3. The number of thiophene rings is 1. The molecule has 0 aliphatic heterocycles. The summed E-state index contributed by atoms with van der Waals surface area (Å²) in [4.78, 5) is 31.6. The topological polar surface area (TPSA) is 64.0 Å². The minimum Gasteiger partial charge on any atom is -0.325 e. The van der Waals surface area contributed by atoms with E-state index < -0.39 is 0 Å². The smallest absolute Gasteiger partial charge is 0.262 e. The number of nitrogens with zero attached hydrogens (tertiary/aromatic N) is 2. The van der Waals surface area contributed by atoms with E-state index in [0.29, 0.717) is 22.6 Å². The van der Waals surface area contributed by atoms with Gasteiger partial charge < -0.3 is 5.32 Å². The van der Waals surface area contributed by atoms with Gasteiger partial charge in [-0.2, -0.15) is 0 Å². The predicted octanol–water partition coefficient (Wildman–Crippen LogP) is 5.05. The number of nitrogens with one attached hydrogen (secondary N) is 1. The molecule has 4 aromatic rings. The Hall–Kier alpha value is -2.90. The molecular weight excluding hydrogens is 426 g/mol. The van der Waals surface area contributed by atoms with Crippen molar-refractivity contribution in [2.75, 3.05) is 11.1 Å². The average Bonchev–Trinajstić information content (AvgIpc) is 3.28.